The number of nitrogens with one attached hydrogen (secondary N) is 1. The number of thioether (sulfide) groups is 1. The quantitative estimate of drug-likeness (QED) is 0.495. The number of aromatic amines is 1. The summed E-state index contributed by atoms with van der Waals surface area (Å²) < 4.78 is 19.1. The molecule has 0 spiro atoms. The first-order valence-electron chi connectivity index (χ1n) is 8.45. The minimum atomic E-state index is -0.346. The SMILES string of the molecule is CCc1ccc(-c2noc(CSc3n[nH]c(-c4ccccc4F)n3)n2)cc1. The Labute approximate surface area is 159 Å². The minimum absolute atomic E-state index is 0.346. The second-order valence-corrected chi connectivity index (χ2v) is 6.74. The molecule has 0 bridgehead atoms. The van der Waals surface area contributed by atoms with E-state index in [1.54, 1.807) is 18.2 Å². The van der Waals surface area contributed by atoms with Crippen molar-refractivity contribution >= 4 is 11.8 Å². The largest absolute Gasteiger partial charge is 0.338 e. The highest BCUT2D eigenvalue weighted by atomic mass is 32.2. The highest BCUT2D eigenvalue weighted by molar-refractivity contribution is 7.98. The molecule has 2 aromatic heterocycles. The van der Waals surface area contributed by atoms with Crippen LogP contribution in [0.2, 0.25) is 0 Å². The summed E-state index contributed by atoms with van der Waals surface area (Å²) in [4.78, 5) is 8.71. The van der Waals surface area contributed by atoms with E-state index in [2.05, 4.69) is 44.4 Å². The van der Waals surface area contributed by atoms with Gasteiger partial charge in [0.2, 0.25) is 16.9 Å². The fourth-order valence-corrected chi connectivity index (χ4v) is 3.17. The number of hydrogen-bond donors (Lipinski definition) is 1. The van der Waals surface area contributed by atoms with Crippen molar-refractivity contribution in [1.82, 2.24) is 25.3 Å². The fraction of sp³-hybridized carbons (Fsp3) is 0.158. The molecule has 0 aliphatic heterocycles. The molecule has 4 rings (SSSR count). The van der Waals surface area contributed by atoms with Crippen molar-refractivity contribution in [2.75, 3.05) is 0 Å². The molecule has 0 atom stereocenters. The first kappa shape index (κ1) is 17.4. The van der Waals surface area contributed by atoms with Gasteiger partial charge in [-0.15, -0.1) is 5.10 Å². The average molecular weight is 381 g/mol. The molecule has 0 saturated carbocycles. The van der Waals surface area contributed by atoms with Crippen LogP contribution in [0, 0.1) is 5.82 Å². The van der Waals surface area contributed by atoms with Gasteiger partial charge in [0.05, 0.1) is 11.3 Å². The third-order valence-electron chi connectivity index (χ3n) is 4.01. The van der Waals surface area contributed by atoms with Crippen molar-refractivity contribution in [1.29, 1.82) is 0 Å². The standard InChI is InChI=1S/C19H16FN5OS/c1-2-12-7-9-13(10-8-12)17-21-16(26-25-17)11-27-19-22-18(23-24-19)14-5-3-4-6-15(14)20/h3-10H,2,11H2,1H3,(H,22,23,24). The average Bonchev–Trinajstić information content (AvgIpc) is 3.36. The van der Waals surface area contributed by atoms with Crippen LogP contribution in [0.15, 0.2) is 58.2 Å². The first-order valence-corrected chi connectivity index (χ1v) is 9.43. The van der Waals surface area contributed by atoms with E-state index >= 15 is 0 Å². The highest BCUT2D eigenvalue weighted by Gasteiger charge is 2.13. The van der Waals surface area contributed by atoms with Gasteiger partial charge >= 0.3 is 0 Å². The van der Waals surface area contributed by atoms with E-state index in [4.69, 9.17) is 4.52 Å². The maximum absolute atomic E-state index is 13.8. The van der Waals surface area contributed by atoms with E-state index in [0.29, 0.717) is 34.0 Å². The van der Waals surface area contributed by atoms with Crippen molar-refractivity contribution < 1.29 is 8.91 Å². The van der Waals surface area contributed by atoms with Gasteiger partial charge in [-0.3, -0.25) is 5.10 Å². The van der Waals surface area contributed by atoms with Crippen LogP contribution in [-0.2, 0) is 12.2 Å². The molecule has 4 aromatic rings. The number of nitrogens with zero attached hydrogens (tertiary/aromatic N) is 4. The van der Waals surface area contributed by atoms with Gasteiger partial charge < -0.3 is 4.52 Å². The summed E-state index contributed by atoms with van der Waals surface area (Å²) in [6.45, 7) is 2.11. The Hall–Kier alpha value is -3.00. The van der Waals surface area contributed by atoms with Crippen molar-refractivity contribution in [2.24, 2.45) is 0 Å². The predicted molar refractivity (Wildman–Crippen MR) is 100 cm³/mol. The summed E-state index contributed by atoms with van der Waals surface area (Å²) in [6.07, 6.45) is 0.986. The van der Waals surface area contributed by atoms with Crippen LogP contribution in [0.3, 0.4) is 0 Å². The molecule has 136 valence electrons. The third kappa shape index (κ3) is 3.90. The van der Waals surface area contributed by atoms with Crippen LogP contribution in [-0.4, -0.2) is 25.3 Å². The van der Waals surface area contributed by atoms with Gasteiger partial charge in [0.15, 0.2) is 5.82 Å². The van der Waals surface area contributed by atoms with Crippen LogP contribution in [0.5, 0.6) is 0 Å². The summed E-state index contributed by atoms with van der Waals surface area (Å²) in [5.74, 6) is 1.50. The number of rotatable bonds is 6. The van der Waals surface area contributed by atoms with E-state index in [0.717, 1.165) is 12.0 Å². The van der Waals surface area contributed by atoms with Gasteiger partial charge in [-0.1, -0.05) is 60.2 Å². The molecule has 0 aliphatic rings. The van der Waals surface area contributed by atoms with Crippen LogP contribution < -0.4 is 0 Å². The van der Waals surface area contributed by atoms with Crippen molar-refractivity contribution in [3.05, 3.63) is 65.8 Å². The van der Waals surface area contributed by atoms with Crippen molar-refractivity contribution in [3.8, 4) is 22.8 Å². The highest BCUT2D eigenvalue weighted by Crippen LogP contribution is 2.24. The lowest BCUT2D eigenvalue weighted by molar-refractivity contribution is 0.391. The molecule has 0 radical (unpaired) electrons. The Kier molecular flexibility index (Phi) is 4.97. The summed E-state index contributed by atoms with van der Waals surface area (Å²) in [5, 5.41) is 11.4. The summed E-state index contributed by atoms with van der Waals surface area (Å²) in [7, 11) is 0. The number of halogens is 1. The summed E-state index contributed by atoms with van der Waals surface area (Å²) in [5.41, 5.74) is 2.55. The lowest BCUT2D eigenvalue weighted by Gasteiger charge is -1.97. The third-order valence-corrected chi connectivity index (χ3v) is 4.84. The van der Waals surface area contributed by atoms with Gasteiger partial charge in [-0.2, -0.15) is 4.98 Å². The molecule has 0 aliphatic carbocycles. The zero-order valence-electron chi connectivity index (χ0n) is 14.5. The fourth-order valence-electron chi connectivity index (χ4n) is 2.53. The number of hydrogen-bond acceptors (Lipinski definition) is 6. The van der Waals surface area contributed by atoms with Crippen molar-refractivity contribution in [2.45, 2.75) is 24.3 Å². The lowest BCUT2D eigenvalue weighted by Crippen LogP contribution is -1.86. The normalized spacial score (nSPS) is 11.0. The molecule has 1 N–H and O–H groups in total. The Morgan fingerprint density at radius 1 is 1.07 bits per heavy atom. The Morgan fingerprint density at radius 2 is 1.89 bits per heavy atom. The van der Waals surface area contributed by atoms with Crippen LogP contribution in [0.25, 0.3) is 22.8 Å². The molecule has 27 heavy (non-hydrogen) atoms. The first-order chi connectivity index (χ1) is 13.2. The second kappa shape index (κ2) is 7.71. The zero-order valence-corrected chi connectivity index (χ0v) is 15.3. The van der Waals surface area contributed by atoms with Gasteiger partial charge in [0, 0.05) is 5.56 Å². The van der Waals surface area contributed by atoms with E-state index < -0.39 is 0 Å². The van der Waals surface area contributed by atoms with Crippen LogP contribution >= 0.6 is 11.8 Å². The number of H-pyrrole nitrogens is 1. The van der Waals surface area contributed by atoms with Gasteiger partial charge in [-0.25, -0.2) is 9.37 Å². The van der Waals surface area contributed by atoms with E-state index in [1.807, 2.05) is 12.1 Å². The summed E-state index contributed by atoms with van der Waals surface area (Å²) >= 11 is 1.34. The number of aromatic nitrogens is 5. The number of aryl methyl sites for hydroxylation is 1. The monoisotopic (exact) mass is 381 g/mol. The molecule has 0 unspecified atom stereocenters. The smallest absolute Gasteiger partial charge is 0.237 e. The number of benzene rings is 2. The molecule has 6 nitrogen and oxygen atoms in total. The zero-order chi connectivity index (χ0) is 18.6. The molecule has 2 heterocycles. The van der Waals surface area contributed by atoms with Gasteiger partial charge in [0.25, 0.3) is 0 Å². The molecule has 0 fully saturated rings. The van der Waals surface area contributed by atoms with Crippen molar-refractivity contribution in [3.63, 3.8) is 0 Å². The minimum Gasteiger partial charge on any atom is -0.338 e. The lowest BCUT2D eigenvalue weighted by atomic mass is 10.1. The van der Waals surface area contributed by atoms with E-state index in [1.165, 1.54) is 23.4 Å². The second-order valence-electron chi connectivity index (χ2n) is 5.80. The Morgan fingerprint density at radius 3 is 2.67 bits per heavy atom. The molecule has 0 amide bonds. The maximum Gasteiger partial charge on any atom is 0.237 e. The van der Waals surface area contributed by atoms with E-state index in [9.17, 15) is 4.39 Å². The van der Waals surface area contributed by atoms with E-state index in [-0.39, 0.29) is 5.82 Å². The Bertz CT molecular complexity index is 1040. The molecule has 8 heteroatoms. The molecular formula is C19H16FN5OS. The maximum atomic E-state index is 13.8. The molecule has 2 aromatic carbocycles. The molecule has 0 saturated heterocycles. The topological polar surface area (TPSA) is 80.5 Å². The summed E-state index contributed by atoms with van der Waals surface area (Å²) in [6, 6.07) is 14.5. The molecular weight excluding hydrogens is 365 g/mol. The van der Waals surface area contributed by atoms with Crippen LogP contribution in [0.4, 0.5) is 4.39 Å². The predicted octanol–water partition coefficient (Wildman–Crippen LogP) is 4.52. The van der Waals surface area contributed by atoms with Crippen LogP contribution in [0.1, 0.15) is 18.4 Å². The van der Waals surface area contributed by atoms with Gasteiger partial charge in [-0.05, 0) is 24.1 Å². The Balaban J connectivity index is 1.42. The van der Waals surface area contributed by atoms with Gasteiger partial charge in [0.1, 0.15) is 5.82 Å².